The van der Waals surface area contributed by atoms with Crippen LogP contribution >= 0.6 is 0 Å². The zero-order valence-corrected chi connectivity index (χ0v) is 25.3. The average Bonchev–Trinajstić information content (AvgIpc) is 3.69. The number of aromatic nitrogens is 6. The van der Waals surface area contributed by atoms with Crippen LogP contribution < -0.4 is 11.3 Å². The number of aliphatic hydroxyl groups excluding tert-OH is 1. The Bertz CT molecular complexity index is 1850. The number of hydrogen-bond acceptors (Lipinski definition) is 8. The van der Waals surface area contributed by atoms with Crippen LogP contribution in [0.15, 0.2) is 69.0 Å². The molecule has 2 unspecified atom stereocenters. The van der Waals surface area contributed by atoms with Gasteiger partial charge in [0, 0.05) is 23.6 Å². The Hall–Kier alpha value is -2.71. The number of benzene rings is 2. The summed E-state index contributed by atoms with van der Waals surface area (Å²) >= 11 is 0. The normalized spacial score (nSPS) is 18.0. The second kappa shape index (κ2) is 14.8. The summed E-state index contributed by atoms with van der Waals surface area (Å²) in [5.41, 5.74) is 5.24. The van der Waals surface area contributed by atoms with Crippen molar-refractivity contribution in [1.29, 1.82) is 0 Å². The molecular formula is C33H39KN6O5. The molecule has 5 aromatic rings. The van der Waals surface area contributed by atoms with E-state index in [1.165, 1.54) is 6.33 Å². The molecule has 6 rings (SSSR count). The molecule has 0 aliphatic heterocycles. The van der Waals surface area contributed by atoms with E-state index in [0.717, 1.165) is 65.6 Å². The Balaban J connectivity index is 0.00000400. The van der Waals surface area contributed by atoms with Crippen LogP contribution in [0.5, 0.6) is 0 Å². The number of fused-ring (bicyclic) bond motifs is 1. The van der Waals surface area contributed by atoms with Crippen molar-refractivity contribution in [1.82, 2.24) is 29.3 Å². The van der Waals surface area contributed by atoms with Crippen LogP contribution in [0.2, 0.25) is 0 Å². The van der Waals surface area contributed by atoms with Crippen molar-refractivity contribution in [2.45, 2.75) is 90.1 Å². The quantitative estimate of drug-likeness (QED) is 0.218. The Labute approximate surface area is 303 Å². The molecule has 0 amide bonds. The molecule has 0 spiro atoms. The van der Waals surface area contributed by atoms with Crippen molar-refractivity contribution in [3.63, 3.8) is 0 Å². The van der Waals surface area contributed by atoms with E-state index in [2.05, 4.69) is 27.1 Å². The summed E-state index contributed by atoms with van der Waals surface area (Å²) in [4.78, 5) is 33.0. The monoisotopic (exact) mass is 638 g/mol. The fourth-order valence-electron chi connectivity index (χ4n) is 6.23. The van der Waals surface area contributed by atoms with Crippen molar-refractivity contribution in [3.8, 4) is 22.5 Å². The van der Waals surface area contributed by atoms with Crippen LogP contribution in [0.1, 0.15) is 75.7 Å². The second-order valence-corrected chi connectivity index (χ2v) is 11.7. The topological polar surface area (TPSA) is 141 Å². The molecule has 2 atom stereocenters. The SMILES string of the molecule is CCCc1c(Cc2ccc(-c3ccccc3-c3noc(=O)[nH]3)cc2)c(=O)n(C2CCC(OC(C)C(C)O)CC2)c2ncnn12.[KH]. The van der Waals surface area contributed by atoms with E-state index in [9.17, 15) is 14.7 Å². The summed E-state index contributed by atoms with van der Waals surface area (Å²) < 4.78 is 14.5. The Morgan fingerprint density at radius 2 is 1.76 bits per heavy atom. The van der Waals surface area contributed by atoms with Crippen LogP contribution in [0.4, 0.5) is 0 Å². The molecule has 1 aliphatic rings. The average molecular weight is 639 g/mol. The molecule has 0 saturated heterocycles. The first-order valence-corrected chi connectivity index (χ1v) is 15.4. The predicted octanol–water partition coefficient (Wildman–Crippen LogP) is 4.07. The standard InChI is InChI=1S/C33H38N6O5.K.H/c1-4-7-29-28(18-22-10-12-23(13-11-22)26-8-5-6-9-27(26)30-36-33(42)44-37-30)31(41)38(32-34-19-35-39(29)32)24-14-16-25(17-15-24)43-21(3)20(2)40;;/h5-6,8-13,19-21,24-25,40H,4,7,14-18H2,1-3H3,(H,36,37,42);;. The van der Waals surface area contributed by atoms with Gasteiger partial charge in [-0.3, -0.25) is 18.9 Å². The fourth-order valence-corrected chi connectivity index (χ4v) is 6.23. The van der Waals surface area contributed by atoms with Gasteiger partial charge in [-0.25, -0.2) is 9.31 Å². The fraction of sp³-hybridized carbons (Fsp3) is 0.424. The van der Waals surface area contributed by atoms with Gasteiger partial charge in [-0.2, -0.15) is 10.1 Å². The molecule has 1 saturated carbocycles. The van der Waals surface area contributed by atoms with E-state index >= 15 is 0 Å². The van der Waals surface area contributed by atoms with Crippen LogP contribution in [0, 0.1) is 0 Å². The van der Waals surface area contributed by atoms with Crippen molar-refractivity contribution in [3.05, 3.63) is 92.6 Å². The van der Waals surface area contributed by atoms with Crippen molar-refractivity contribution >= 4 is 57.2 Å². The summed E-state index contributed by atoms with van der Waals surface area (Å²) in [5.74, 6) is 0.357. The molecule has 11 nitrogen and oxygen atoms in total. The van der Waals surface area contributed by atoms with Gasteiger partial charge in [0.15, 0.2) is 5.82 Å². The minimum atomic E-state index is -0.602. The van der Waals surface area contributed by atoms with E-state index in [1.54, 1.807) is 6.92 Å². The molecule has 12 heteroatoms. The minimum absolute atomic E-state index is 0. The van der Waals surface area contributed by atoms with Crippen LogP contribution in [0.25, 0.3) is 28.3 Å². The third-order valence-electron chi connectivity index (χ3n) is 8.68. The van der Waals surface area contributed by atoms with E-state index in [0.29, 0.717) is 24.4 Å². The molecule has 0 radical (unpaired) electrons. The Morgan fingerprint density at radius 1 is 1.04 bits per heavy atom. The third-order valence-corrected chi connectivity index (χ3v) is 8.68. The zero-order chi connectivity index (χ0) is 30.8. The van der Waals surface area contributed by atoms with Gasteiger partial charge in [-0.05, 0) is 62.6 Å². The van der Waals surface area contributed by atoms with Crippen molar-refractivity contribution in [2.75, 3.05) is 0 Å². The van der Waals surface area contributed by atoms with E-state index in [4.69, 9.17) is 9.26 Å². The molecule has 2 N–H and O–H groups in total. The summed E-state index contributed by atoms with van der Waals surface area (Å²) in [5, 5.41) is 18.3. The third kappa shape index (κ3) is 7.17. The number of H-pyrrole nitrogens is 1. The van der Waals surface area contributed by atoms with E-state index in [-0.39, 0.29) is 75.2 Å². The van der Waals surface area contributed by atoms with Gasteiger partial charge in [0.05, 0.1) is 24.0 Å². The Kier molecular flexibility index (Phi) is 11.1. The molecule has 3 aromatic heterocycles. The summed E-state index contributed by atoms with van der Waals surface area (Å²) in [6, 6.07) is 15.8. The first-order valence-electron chi connectivity index (χ1n) is 15.4. The number of nitrogens with zero attached hydrogens (tertiary/aromatic N) is 5. The zero-order valence-electron chi connectivity index (χ0n) is 25.3. The summed E-state index contributed by atoms with van der Waals surface area (Å²) in [6.45, 7) is 5.73. The first-order chi connectivity index (χ1) is 21.3. The molecule has 2 aromatic carbocycles. The number of aromatic amines is 1. The Morgan fingerprint density at radius 3 is 2.40 bits per heavy atom. The number of rotatable bonds is 10. The predicted molar refractivity (Wildman–Crippen MR) is 173 cm³/mol. The van der Waals surface area contributed by atoms with Gasteiger partial charge in [0.2, 0.25) is 5.78 Å². The number of ether oxygens (including phenoxy) is 1. The van der Waals surface area contributed by atoms with Gasteiger partial charge >= 0.3 is 57.1 Å². The molecular weight excluding hydrogens is 599 g/mol. The second-order valence-electron chi connectivity index (χ2n) is 11.7. The summed E-state index contributed by atoms with van der Waals surface area (Å²) in [7, 11) is 0. The van der Waals surface area contributed by atoms with Gasteiger partial charge in [0.25, 0.3) is 5.56 Å². The first kappa shape index (κ1) is 33.6. The van der Waals surface area contributed by atoms with E-state index < -0.39 is 11.9 Å². The molecule has 3 heterocycles. The molecule has 1 fully saturated rings. The van der Waals surface area contributed by atoms with Gasteiger partial charge in [0.1, 0.15) is 6.33 Å². The van der Waals surface area contributed by atoms with Crippen LogP contribution in [-0.2, 0) is 17.6 Å². The molecule has 0 bridgehead atoms. The van der Waals surface area contributed by atoms with Gasteiger partial charge in [-0.15, -0.1) is 0 Å². The molecule has 1 aliphatic carbocycles. The summed E-state index contributed by atoms with van der Waals surface area (Å²) in [6.07, 6.45) is 6.09. The molecule has 232 valence electrons. The van der Waals surface area contributed by atoms with Crippen LogP contribution in [0.3, 0.4) is 0 Å². The van der Waals surface area contributed by atoms with Gasteiger partial charge < -0.3 is 9.84 Å². The van der Waals surface area contributed by atoms with Crippen LogP contribution in [-0.4, -0.2) is 104 Å². The number of aryl methyl sites for hydroxylation is 1. The number of hydrogen-bond donors (Lipinski definition) is 2. The maximum absolute atomic E-state index is 14.3. The van der Waals surface area contributed by atoms with Gasteiger partial charge in [-0.1, -0.05) is 67.0 Å². The van der Waals surface area contributed by atoms with E-state index in [1.807, 2.05) is 64.5 Å². The number of aliphatic hydroxyl groups is 1. The van der Waals surface area contributed by atoms with Crippen molar-refractivity contribution < 1.29 is 14.4 Å². The van der Waals surface area contributed by atoms with Crippen molar-refractivity contribution in [2.24, 2.45) is 0 Å². The maximum atomic E-state index is 14.3. The molecule has 45 heavy (non-hydrogen) atoms. The number of nitrogens with one attached hydrogen (secondary N) is 1.